The lowest BCUT2D eigenvalue weighted by molar-refractivity contribution is -0.385. The molecule has 0 bridgehead atoms. The van der Waals surface area contributed by atoms with Crippen LogP contribution in [0.5, 0.6) is 0 Å². The third-order valence-electron chi connectivity index (χ3n) is 15.6. The number of anilines is 1. The van der Waals surface area contributed by atoms with Crippen LogP contribution >= 0.6 is 71.3 Å². The third-order valence-corrected chi connectivity index (χ3v) is 21.3. The van der Waals surface area contributed by atoms with Crippen LogP contribution in [-0.2, 0) is 22.9 Å². The summed E-state index contributed by atoms with van der Waals surface area (Å²) in [6.45, 7) is 9.75. The van der Waals surface area contributed by atoms with E-state index in [1.807, 2.05) is 50.2 Å². The first-order valence-electron chi connectivity index (χ1n) is 34.1. The molecule has 2 N–H and O–H groups in total. The number of hydrogen-bond donors (Lipinski definition) is 2. The summed E-state index contributed by atoms with van der Waals surface area (Å²) in [5.41, 5.74) is 13.8. The van der Waals surface area contributed by atoms with E-state index < -0.39 is 94.4 Å². The van der Waals surface area contributed by atoms with Crippen LogP contribution in [0.3, 0.4) is 0 Å². The molecule has 0 atom stereocenters. The molecule has 2 aliphatic rings. The number of aryl methyl sites for hydroxylation is 5. The van der Waals surface area contributed by atoms with Gasteiger partial charge in [-0.15, -0.1) is 12.6 Å². The molecule has 2 aliphatic heterocycles. The number of fused-ring (bicyclic) bond motifs is 2. The number of hydrogen-bond acceptors (Lipinski definition) is 21. The Morgan fingerprint density at radius 3 is 1.29 bits per heavy atom. The molecule has 0 saturated carbocycles. The summed E-state index contributed by atoms with van der Waals surface area (Å²) in [5.74, 6) is -8.00. The molecule has 37 heteroatoms. The van der Waals surface area contributed by atoms with Gasteiger partial charge < -0.3 is 5.73 Å². The van der Waals surface area contributed by atoms with Crippen molar-refractivity contribution in [2.45, 2.75) is 102 Å². The van der Waals surface area contributed by atoms with Gasteiger partial charge in [0.25, 0.3) is 11.4 Å². The Kier molecular flexibility index (Phi) is 32.6. The highest BCUT2D eigenvalue weighted by molar-refractivity contribution is 8.00. The number of sulfone groups is 1. The summed E-state index contributed by atoms with van der Waals surface area (Å²) in [6.07, 6.45) is 6.83. The summed E-state index contributed by atoms with van der Waals surface area (Å²) in [4.78, 5) is 59.1. The minimum absolute atomic E-state index is 0.00519. The summed E-state index contributed by atoms with van der Waals surface area (Å²) < 4.78 is 181. The van der Waals surface area contributed by atoms with Crippen LogP contribution < -0.4 is 5.73 Å². The van der Waals surface area contributed by atoms with E-state index in [1.165, 1.54) is 121 Å². The van der Waals surface area contributed by atoms with Crippen LogP contribution in [0.4, 0.5) is 69.7 Å². The largest absolute Gasteiger partial charge is 0.397 e. The van der Waals surface area contributed by atoms with Crippen molar-refractivity contribution >= 4 is 116 Å². The topological polar surface area (TPSA) is 261 Å². The molecule has 0 fully saturated rings. The number of aliphatic imine (C=N–C) groups is 2. The lowest BCUT2D eigenvalue weighted by Crippen LogP contribution is -2.09. The molecule has 18 nitrogen and oxygen atoms in total. The molecule has 0 aliphatic carbocycles. The number of thiol groups is 1. The van der Waals surface area contributed by atoms with Gasteiger partial charge in [0, 0.05) is 102 Å². The molecule has 0 spiro atoms. The Bertz CT molecular complexity index is 5890. The smallest absolute Gasteiger partial charge is 0.290 e. The average Bonchev–Trinajstić information content (AvgIpc) is 1.71. The van der Waals surface area contributed by atoms with Crippen LogP contribution in [0.1, 0.15) is 56.5 Å². The van der Waals surface area contributed by atoms with Crippen molar-refractivity contribution in [3.8, 4) is 0 Å². The van der Waals surface area contributed by atoms with Crippen molar-refractivity contribution in [1.29, 1.82) is 0 Å². The molecule has 7 aromatic heterocycles. The molecule has 0 unspecified atom stereocenters. The summed E-state index contributed by atoms with van der Waals surface area (Å²) in [6, 6.07) is 43.5. The average molecular weight is 1760 g/mol. The number of nitro groups is 2. The van der Waals surface area contributed by atoms with Gasteiger partial charge in [-0.25, -0.2) is 91.0 Å². The van der Waals surface area contributed by atoms with E-state index >= 15 is 0 Å². The minimum atomic E-state index is -4.18. The van der Waals surface area contributed by atoms with Crippen LogP contribution in [0, 0.1) is 125 Å². The van der Waals surface area contributed by atoms with Crippen LogP contribution in [-0.4, -0.2) is 65.1 Å². The molecule has 610 valence electrons. The molecule has 119 heavy (non-hydrogen) atoms. The SMILES string of the molecule is Cc1ccc(Sc2cc(F)cc(F)c2)nc1C.Cc1nc(Cl)ccc1[N+](=O)[O-].Cc1nc(Sc2cc(F)cc(F)c2)ccc1N.Cc1nc(Sc2cc(F)cc(F)c2)ccc1[N+](=O)[O-].Fc1cc(F)cc(S)c1.Fc1cc(F)cc(Sc2ccc3c(n2)C=NC3)c1.O=S(=O)(c1cc(F)cc(F)c1)c1ccc2c(n1)C(/C=C/c1ccccn1)=NC2. The van der Waals surface area contributed by atoms with Crippen molar-refractivity contribution in [3.05, 3.63) is 364 Å². The van der Waals surface area contributed by atoms with E-state index in [2.05, 4.69) is 57.5 Å². The highest BCUT2D eigenvalue weighted by atomic mass is 35.5. The number of halogens is 13. The molecule has 13 aromatic rings. The summed E-state index contributed by atoms with van der Waals surface area (Å²) in [5, 5.41) is 23.4. The van der Waals surface area contributed by atoms with Gasteiger partial charge in [0.2, 0.25) is 9.84 Å². The maximum Gasteiger partial charge on any atom is 0.290 e. The number of nitrogens with zero attached hydrogens (tertiary/aromatic N) is 11. The van der Waals surface area contributed by atoms with Gasteiger partial charge in [-0.3, -0.25) is 35.2 Å². The monoisotopic (exact) mass is 1760 g/mol. The number of benzene rings is 6. The van der Waals surface area contributed by atoms with Gasteiger partial charge in [0.1, 0.15) is 106 Å². The maximum absolute atomic E-state index is 13.5. The van der Waals surface area contributed by atoms with E-state index in [-0.39, 0.29) is 27.2 Å². The van der Waals surface area contributed by atoms with E-state index in [0.717, 1.165) is 105 Å². The van der Waals surface area contributed by atoms with Gasteiger partial charge in [-0.05, 0) is 180 Å². The Hall–Kier alpha value is -11.8. The number of nitrogens with two attached hydrogens (primary N) is 1. The molecule has 0 radical (unpaired) electrons. The van der Waals surface area contributed by atoms with E-state index in [4.69, 9.17) is 17.3 Å². The minimum Gasteiger partial charge on any atom is -0.397 e. The van der Waals surface area contributed by atoms with Crippen molar-refractivity contribution < 1.29 is 70.9 Å². The first kappa shape index (κ1) is 91.1. The second kappa shape index (κ2) is 42.5. The van der Waals surface area contributed by atoms with Gasteiger partial charge in [0.15, 0.2) is 5.03 Å². The zero-order chi connectivity index (χ0) is 86.4. The highest BCUT2D eigenvalue weighted by Gasteiger charge is 2.26. The second-order valence-corrected chi connectivity index (χ2v) is 31.7. The van der Waals surface area contributed by atoms with Crippen LogP contribution in [0.2, 0.25) is 5.15 Å². The summed E-state index contributed by atoms with van der Waals surface area (Å²) in [7, 11) is -4.18. The molecule has 0 saturated heterocycles. The standard InChI is InChI=1S/C20H13F2N3O2S.C13H8F2N2S.C13H11F2NS.C12H8F2N2O2S.C12H10F2N2S.C6H5ClN2O2.C6H4F2S/c21-14-9-15(22)11-17(10-14)28(26,27)19-7-4-13-12-24-18(20(13)25-19)6-5-16-3-1-2-8-23-16;14-9-3-10(15)5-11(4-9)18-13-2-1-8-6-16-7-12(8)17-13;1-8-3-4-13(16-9(8)2)17-12-6-10(14)5-11(15)7-12;1-7-11(16(17)18)2-3-12(15-7)19-10-5-8(13)4-9(14)6-10;1-7-11(15)2-3-12(16-7)17-10-5-8(13)4-9(14)6-10;1-4-5(9(10)11)2-3-6(7)8-4;7-4-1-5(8)3-6(9)2-4/h1-11H,12H2;1-5,7H,6H2;3-7H,1-2H3;2-6H,1H3;2-6H,15H2,1H3;2-3H,1H3;1-3,9H/b6-5+;;;;;;. The van der Waals surface area contributed by atoms with E-state index in [9.17, 15) is 81.3 Å². The molecule has 9 heterocycles. The highest BCUT2D eigenvalue weighted by Crippen LogP contribution is 2.34. The normalized spacial score (nSPS) is 11.4. The Labute approximate surface area is 699 Å². The third kappa shape index (κ3) is 28.2. The first-order valence-corrected chi connectivity index (χ1v) is 39.7. The Morgan fingerprint density at radius 1 is 0.445 bits per heavy atom. The zero-order valence-electron chi connectivity index (χ0n) is 62.1. The van der Waals surface area contributed by atoms with Gasteiger partial charge in [0.05, 0.1) is 62.0 Å². The van der Waals surface area contributed by atoms with Gasteiger partial charge in [-0.2, -0.15) is 0 Å². The van der Waals surface area contributed by atoms with Crippen LogP contribution in [0.25, 0.3) is 6.08 Å². The fraction of sp³-hybridized carbons (Fsp3) is 0.0854. The molecule has 15 rings (SSSR count). The molecule has 6 aromatic carbocycles. The van der Waals surface area contributed by atoms with Gasteiger partial charge in [-0.1, -0.05) is 82.9 Å². The lowest BCUT2D eigenvalue weighted by Gasteiger charge is -2.07. The maximum atomic E-state index is 13.5. The number of allylic oxidation sites excluding steroid dienone is 1. The molecule has 0 amide bonds. The number of nitrogen functional groups attached to an aromatic ring is 1. The van der Waals surface area contributed by atoms with E-state index in [1.54, 1.807) is 62.7 Å². The fourth-order valence-corrected chi connectivity index (χ4v) is 15.2. The molecular formula is C82H59ClF12N12O6S6. The predicted octanol–water partition coefficient (Wildman–Crippen LogP) is 22.5. The van der Waals surface area contributed by atoms with Crippen LogP contribution in [0.15, 0.2) is 277 Å². The predicted molar refractivity (Wildman–Crippen MR) is 434 cm³/mol. The zero-order valence-corrected chi connectivity index (χ0v) is 67.9. The van der Waals surface area contributed by atoms with Crippen molar-refractivity contribution in [2.75, 3.05) is 5.73 Å². The summed E-state index contributed by atoms with van der Waals surface area (Å²) >= 11 is 13.9. The Morgan fingerprint density at radius 2 is 0.857 bits per heavy atom. The molecular weight excluding hydrogens is 1700 g/mol. The van der Waals surface area contributed by atoms with E-state index in [0.29, 0.717) is 87.2 Å². The number of aromatic nitrogens is 7. The second-order valence-electron chi connectivity index (χ2n) is 24.6. The fourth-order valence-electron chi connectivity index (χ4n) is 9.95. The van der Waals surface area contributed by atoms with Crippen molar-refractivity contribution in [2.24, 2.45) is 9.98 Å². The first-order chi connectivity index (χ1) is 56.5. The number of pyridine rings is 7. The van der Waals surface area contributed by atoms with Crippen molar-refractivity contribution in [1.82, 2.24) is 34.9 Å². The lowest BCUT2D eigenvalue weighted by atomic mass is 10.1. The Balaban J connectivity index is 0.000000162. The number of rotatable bonds is 14. The van der Waals surface area contributed by atoms with Gasteiger partial charge >= 0.3 is 0 Å². The quantitative estimate of drug-likeness (QED) is 0.0337. The van der Waals surface area contributed by atoms with Crippen molar-refractivity contribution in [3.63, 3.8) is 0 Å².